The smallest absolute Gasteiger partial charge is 0.494 e. The van der Waals surface area contributed by atoms with Crippen LogP contribution in [0.1, 0.15) is 33.3 Å². The number of benzene rings is 1. The summed E-state index contributed by atoms with van der Waals surface area (Å²) in [5, 5.41) is 0. The summed E-state index contributed by atoms with van der Waals surface area (Å²) in [6, 6.07) is 5.79. The molecule has 1 aromatic rings. The van der Waals surface area contributed by atoms with Crippen LogP contribution in [0.2, 0.25) is 0 Å². The highest BCUT2D eigenvalue weighted by Crippen LogP contribution is 2.36. The SMILES string of the molecule is COc1cc(B2OC(C)(C)C(C)(C)O2)ccc1CC(=O)N1CCOCC1. The standard InChI is InChI=1S/C19H28BNO5/c1-18(2)19(3,4)26-20(25-18)15-7-6-14(16(13-15)23-5)12-17(22)21-8-10-24-11-9-21/h6-7,13H,8-12H2,1-5H3. The van der Waals surface area contributed by atoms with Crippen molar-refractivity contribution in [3.8, 4) is 5.75 Å². The van der Waals surface area contributed by atoms with Crippen molar-refractivity contribution >= 4 is 18.5 Å². The van der Waals surface area contributed by atoms with Crippen LogP contribution in [0.3, 0.4) is 0 Å². The van der Waals surface area contributed by atoms with Gasteiger partial charge in [-0.25, -0.2) is 0 Å². The van der Waals surface area contributed by atoms with Gasteiger partial charge in [0.2, 0.25) is 5.91 Å². The molecule has 0 N–H and O–H groups in total. The van der Waals surface area contributed by atoms with Crippen molar-refractivity contribution in [2.75, 3.05) is 33.4 Å². The van der Waals surface area contributed by atoms with E-state index in [9.17, 15) is 4.79 Å². The van der Waals surface area contributed by atoms with Gasteiger partial charge in [-0.05, 0) is 39.2 Å². The van der Waals surface area contributed by atoms with Crippen molar-refractivity contribution < 1.29 is 23.6 Å². The quantitative estimate of drug-likeness (QED) is 0.759. The van der Waals surface area contributed by atoms with Gasteiger partial charge in [-0.2, -0.15) is 0 Å². The zero-order valence-corrected chi connectivity index (χ0v) is 16.3. The molecule has 1 amide bonds. The Labute approximate surface area is 155 Å². The summed E-state index contributed by atoms with van der Waals surface area (Å²) in [6.07, 6.45) is 0.312. The summed E-state index contributed by atoms with van der Waals surface area (Å²) in [6.45, 7) is 10.6. The van der Waals surface area contributed by atoms with Crippen LogP contribution >= 0.6 is 0 Å². The van der Waals surface area contributed by atoms with Gasteiger partial charge in [0, 0.05) is 18.7 Å². The Morgan fingerprint density at radius 3 is 2.35 bits per heavy atom. The van der Waals surface area contributed by atoms with Crippen molar-refractivity contribution in [1.82, 2.24) is 4.90 Å². The number of morpholine rings is 1. The van der Waals surface area contributed by atoms with Crippen molar-refractivity contribution in [2.45, 2.75) is 45.3 Å². The minimum absolute atomic E-state index is 0.0926. The van der Waals surface area contributed by atoms with E-state index < -0.39 is 18.3 Å². The van der Waals surface area contributed by atoms with Crippen LogP contribution < -0.4 is 10.2 Å². The number of hydrogen-bond acceptors (Lipinski definition) is 5. The van der Waals surface area contributed by atoms with Crippen LogP contribution in [-0.2, 0) is 25.3 Å². The van der Waals surface area contributed by atoms with Gasteiger partial charge >= 0.3 is 7.12 Å². The maximum atomic E-state index is 12.5. The van der Waals surface area contributed by atoms with E-state index in [0.717, 1.165) is 11.0 Å². The molecule has 2 heterocycles. The lowest BCUT2D eigenvalue weighted by molar-refractivity contribution is -0.134. The van der Waals surface area contributed by atoms with E-state index in [1.165, 1.54) is 0 Å². The third-order valence-corrected chi connectivity index (χ3v) is 5.54. The molecular formula is C19H28BNO5. The molecule has 142 valence electrons. The maximum absolute atomic E-state index is 12.5. The molecule has 3 rings (SSSR count). The molecule has 6 nitrogen and oxygen atoms in total. The highest BCUT2D eigenvalue weighted by Gasteiger charge is 2.51. The van der Waals surface area contributed by atoms with Crippen LogP contribution in [0.25, 0.3) is 0 Å². The molecule has 0 saturated carbocycles. The molecule has 0 bridgehead atoms. The van der Waals surface area contributed by atoms with E-state index in [4.69, 9.17) is 18.8 Å². The minimum Gasteiger partial charge on any atom is -0.496 e. The number of ether oxygens (including phenoxy) is 2. The third-order valence-electron chi connectivity index (χ3n) is 5.54. The topological polar surface area (TPSA) is 57.2 Å². The first-order chi connectivity index (χ1) is 12.2. The number of nitrogens with zero attached hydrogens (tertiary/aromatic N) is 1. The number of carbonyl (C=O) groups excluding carboxylic acids is 1. The second-order valence-electron chi connectivity index (χ2n) is 7.83. The van der Waals surface area contributed by atoms with Crippen LogP contribution in [-0.4, -0.2) is 62.5 Å². The molecule has 0 spiro atoms. The summed E-state index contributed by atoms with van der Waals surface area (Å²) in [4.78, 5) is 14.4. The lowest BCUT2D eigenvalue weighted by Crippen LogP contribution is -2.41. The molecule has 7 heteroatoms. The molecule has 1 aromatic carbocycles. The van der Waals surface area contributed by atoms with Crippen molar-refractivity contribution in [3.63, 3.8) is 0 Å². The summed E-state index contributed by atoms with van der Waals surface area (Å²) >= 11 is 0. The van der Waals surface area contributed by atoms with Crippen LogP contribution in [0, 0.1) is 0 Å². The van der Waals surface area contributed by atoms with E-state index in [-0.39, 0.29) is 5.91 Å². The van der Waals surface area contributed by atoms with Crippen LogP contribution in [0.5, 0.6) is 5.75 Å². The fraction of sp³-hybridized carbons (Fsp3) is 0.632. The van der Waals surface area contributed by atoms with Gasteiger partial charge in [-0.3, -0.25) is 4.79 Å². The van der Waals surface area contributed by atoms with Gasteiger partial charge in [-0.1, -0.05) is 12.1 Å². The fourth-order valence-corrected chi connectivity index (χ4v) is 3.12. The second-order valence-corrected chi connectivity index (χ2v) is 7.83. The van der Waals surface area contributed by atoms with Crippen molar-refractivity contribution in [1.29, 1.82) is 0 Å². The monoisotopic (exact) mass is 361 g/mol. The first-order valence-electron chi connectivity index (χ1n) is 9.11. The van der Waals surface area contributed by atoms with E-state index in [1.807, 2.05) is 50.8 Å². The van der Waals surface area contributed by atoms with Gasteiger partial charge < -0.3 is 23.7 Å². The largest absolute Gasteiger partial charge is 0.496 e. The number of methoxy groups -OCH3 is 1. The Morgan fingerprint density at radius 2 is 1.77 bits per heavy atom. The third kappa shape index (κ3) is 3.75. The molecule has 2 fully saturated rings. The summed E-state index contributed by atoms with van der Waals surface area (Å²) in [5.74, 6) is 0.772. The molecule has 0 aromatic heterocycles. The number of rotatable bonds is 4. The van der Waals surface area contributed by atoms with Gasteiger partial charge in [0.25, 0.3) is 0 Å². The second kappa shape index (κ2) is 7.21. The predicted molar refractivity (Wildman–Crippen MR) is 99.8 cm³/mol. The lowest BCUT2D eigenvalue weighted by Gasteiger charge is -2.32. The van der Waals surface area contributed by atoms with Gasteiger partial charge in [-0.15, -0.1) is 0 Å². The van der Waals surface area contributed by atoms with Crippen molar-refractivity contribution in [2.24, 2.45) is 0 Å². The van der Waals surface area contributed by atoms with E-state index in [1.54, 1.807) is 7.11 Å². The highest BCUT2D eigenvalue weighted by molar-refractivity contribution is 6.62. The van der Waals surface area contributed by atoms with Crippen molar-refractivity contribution in [3.05, 3.63) is 23.8 Å². The Morgan fingerprint density at radius 1 is 1.15 bits per heavy atom. The Hall–Kier alpha value is -1.57. The number of hydrogen-bond donors (Lipinski definition) is 0. The maximum Gasteiger partial charge on any atom is 0.494 e. The highest BCUT2D eigenvalue weighted by atomic mass is 16.7. The van der Waals surface area contributed by atoms with Gasteiger partial charge in [0.05, 0.1) is 37.9 Å². The zero-order valence-electron chi connectivity index (χ0n) is 16.3. The molecule has 2 saturated heterocycles. The van der Waals surface area contributed by atoms with Crippen LogP contribution in [0.4, 0.5) is 0 Å². The molecular weight excluding hydrogens is 333 g/mol. The normalized spacial score (nSPS) is 21.7. The molecule has 26 heavy (non-hydrogen) atoms. The Balaban J connectivity index is 1.75. The average Bonchev–Trinajstić information content (AvgIpc) is 2.83. The number of carbonyl (C=O) groups is 1. The van der Waals surface area contributed by atoms with Crippen LogP contribution in [0.15, 0.2) is 18.2 Å². The molecule has 0 aliphatic carbocycles. The minimum atomic E-state index is -0.446. The molecule has 0 radical (unpaired) electrons. The van der Waals surface area contributed by atoms with Gasteiger partial charge in [0.1, 0.15) is 5.75 Å². The average molecular weight is 361 g/mol. The van der Waals surface area contributed by atoms with E-state index in [2.05, 4.69) is 0 Å². The first-order valence-corrected chi connectivity index (χ1v) is 9.11. The summed E-state index contributed by atoms with van der Waals surface area (Å²) < 4.78 is 23.0. The summed E-state index contributed by atoms with van der Waals surface area (Å²) in [7, 11) is 1.17. The Bertz CT molecular complexity index is 654. The predicted octanol–water partition coefficient (Wildman–Crippen LogP) is 1.40. The molecule has 0 atom stereocenters. The van der Waals surface area contributed by atoms with Gasteiger partial charge in [0.15, 0.2) is 0 Å². The van der Waals surface area contributed by atoms with E-state index >= 15 is 0 Å². The summed E-state index contributed by atoms with van der Waals surface area (Å²) in [5.41, 5.74) is 0.971. The molecule has 2 aliphatic rings. The zero-order chi connectivity index (χ0) is 18.9. The van der Waals surface area contributed by atoms with E-state index in [0.29, 0.717) is 38.5 Å². The molecule has 0 unspecified atom stereocenters. The fourth-order valence-electron chi connectivity index (χ4n) is 3.12. The molecule has 2 aliphatic heterocycles. The Kier molecular flexibility index (Phi) is 5.33. The first kappa shape index (κ1) is 19.2. The number of amides is 1. The lowest BCUT2D eigenvalue weighted by atomic mass is 9.78.